The predicted molar refractivity (Wildman–Crippen MR) is 124 cm³/mol. The van der Waals surface area contributed by atoms with Crippen LogP contribution in [-0.2, 0) is 19.2 Å². The highest BCUT2D eigenvalue weighted by atomic mass is 32.2. The van der Waals surface area contributed by atoms with Crippen LogP contribution >= 0.6 is 0 Å². The van der Waals surface area contributed by atoms with E-state index in [0.29, 0.717) is 12.8 Å². The summed E-state index contributed by atoms with van der Waals surface area (Å²) in [4.78, 5) is 13.3. The number of carbonyl (C=O) groups excluding carboxylic acids is 1. The Morgan fingerprint density at radius 1 is 1.16 bits per heavy atom. The van der Waals surface area contributed by atoms with Crippen LogP contribution in [-0.4, -0.2) is 56.2 Å². The molecular weight excluding hydrogens is 430 g/mol. The Labute approximate surface area is 188 Å². The van der Waals surface area contributed by atoms with Gasteiger partial charge in [-0.3, -0.25) is 4.79 Å². The van der Waals surface area contributed by atoms with Crippen LogP contribution < -0.4 is 0 Å². The molecule has 1 spiro atoms. The molecule has 1 aliphatic heterocycles. The molecule has 3 rings (SSSR count). The molecule has 8 heteroatoms. The van der Waals surface area contributed by atoms with E-state index in [1.165, 1.54) is 4.31 Å². The van der Waals surface area contributed by atoms with E-state index in [4.69, 9.17) is 4.43 Å². The van der Waals surface area contributed by atoms with Crippen molar-refractivity contribution < 1.29 is 22.7 Å². The summed E-state index contributed by atoms with van der Waals surface area (Å²) in [5.74, 6) is -0.173. The minimum Gasteiger partial charge on any atom is -0.412 e. The van der Waals surface area contributed by atoms with E-state index in [1.807, 2.05) is 6.92 Å². The molecule has 1 aliphatic carbocycles. The summed E-state index contributed by atoms with van der Waals surface area (Å²) in [6.07, 6.45) is 0.848. The number of aliphatic hydroxyl groups is 1. The van der Waals surface area contributed by atoms with E-state index in [-0.39, 0.29) is 28.7 Å². The van der Waals surface area contributed by atoms with Gasteiger partial charge in [-0.05, 0) is 50.0 Å². The van der Waals surface area contributed by atoms with E-state index in [0.717, 1.165) is 18.4 Å². The Morgan fingerprint density at radius 2 is 1.77 bits per heavy atom. The number of piperidine rings is 1. The highest BCUT2D eigenvalue weighted by molar-refractivity contribution is 7.89. The number of benzene rings is 1. The minimum absolute atomic E-state index is 0.0472. The third kappa shape index (κ3) is 4.42. The zero-order valence-electron chi connectivity index (χ0n) is 19.6. The van der Waals surface area contributed by atoms with Crippen molar-refractivity contribution in [1.29, 1.82) is 0 Å². The molecule has 0 bridgehead atoms. The van der Waals surface area contributed by atoms with E-state index in [2.05, 4.69) is 33.9 Å². The normalized spacial score (nSPS) is 28.8. The van der Waals surface area contributed by atoms with Crippen molar-refractivity contribution in [2.75, 3.05) is 6.54 Å². The number of nitrogens with zero attached hydrogens (tertiary/aromatic N) is 1. The van der Waals surface area contributed by atoms with Crippen LogP contribution in [0.2, 0.25) is 18.1 Å². The van der Waals surface area contributed by atoms with Crippen LogP contribution in [0.4, 0.5) is 0 Å². The summed E-state index contributed by atoms with van der Waals surface area (Å²) >= 11 is 0. The number of aliphatic hydroxyl groups excluding tert-OH is 1. The summed E-state index contributed by atoms with van der Waals surface area (Å²) in [5, 5.41) is 11.2. The molecule has 1 aromatic rings. The fourth-order valence-corrected chi connectivity index (χ4v) is 7.71. The number of sulfonamides is 1. The van der Waals surface area contributed by atoms with Gasteiger partial charge in [0.05, 0.1) is 17.1 Å². The van der Waals surface area contributed by atoms with Crippen molar-refractivity contribution in [3.63, 3.8) is 0 Å². The first-order chi connectivity index (χ1) is 14.2. The zero-order chi connectivity index (χ0) is 23.2. The topological polar surface area (TPSA) is 83.9 Å². The number of ketones is 1. The van der Waals surface area contributed by atoms with Crippen LogP contribution in [0.5, 0.6) is 0 Å². The standard InChI is InChI=1S/C23H37NO5SSi/c1-17-10-12-19(13-11-17)30(27,28)24-16-18(29-31(5,6)22(2,3)4)15-21(26)23(24)14-8-7-9-20(23)25/h10-13,18,21,26H,7-9,14-16H2,1-6H3/t18-,21-,23-/m0/s1. The van der Waals surface area contributed by atoms with Gasteiger partial charge in [-0.25, -0.2) is 8.42 Å². The molecule has 31 heavy (non-hydrogen) atoms. The monoisotopic (exact) mass is 467 g/mol. The van der Waals surface area contributed by atoms with Crippen LogP contribution in [0.25, 0.3) is 0 Å². The molecule has 1 aromatic carbocycles. The Kier molecular flexibility index (Phi) is 6.64. The maximum Gasteiger partial charge on any atom is 0.244 e. The smallest absolute Gasteiger partial charge is 0.244 e. The maximum absolute atomic E-state index is 13.8. The zero-order valence-corrected chi connectivity index (χ0v) is 21.5. The largest absolute Gasteiger partial charge is 0.412 e. The summed E-state index contributed by atoms with van der Waals surface area (Å²) in [6.45, 7) is 12.6. The molecule has 3 atom stereocenters. The molecule has 174 valence electrons. The molecule has 1 N–H and O–H groups in total. The third-order valence-electron chi connectivity index (χ3n) is 7.42. The predicted octanol–water partition coefficient (Wildman–Crippen LogP) is 4.02. The molecule has 1 heterocycles. The molecule has 6 nitrogen and oxygen atoms in total. The van der Waals surface area contributed by atoms with Gasteiger partial charge < -0.3 is 9.53 Å². The first kappa shape index (κ1) is 24.6. The molecule has 0 amide bonds. The Hall–Kier alpha value is -1.06. The van der Waals surface area contributed by atoms with Gasteiger partial charge in [0.1, 0.15) is 5.54 Å². The average molecular weight is 468 g/mol. The van der Waals surface area contributed by atoms with Gasteiger partial charge in [-0.1, -0.05) is 44.9 Å². The van der Waals surface area contributed by atoms with Crippen LogP contribution in [0.1, 0.15) is 58.4 Å². The number of aryl methyl sites for hydroxylation is 1. The molecule has 2 fully saturated rings. The van der Waals surface area contributed by atoms with Crippen molar-refractivity contribution >= 4 is 24.1 Å². The quantitative estimate of drug-likeness (QED) is 0.676. The van der Waals surface area contributed by atoms with E-state index in [9.17, 15) is 18.3 Å². The Morgan fingerprint density at radius 3 is 2.32 bits per heavy atom. The van der Waals surface area contributed by atoms with Gasteiger partial charge in [0.25, 0.3) is 0 Å². The van der Waals surface area contributed by atoms with Crippen molar-refractivity contribution in [2.45, 2.75) is 101 Å². The summed E-state index contributed by atoms with van der Waals surface area (Å²) < 4.78 is 35.4. The molecule has 0 aromatic heterocycles. The highest BCUT2D eigenvalue weighted by Gasteiger charge is 2.59. The van der Waals surface area contributed by atoms with Crippen LogP contribution in [0.3, 0.4) is 0 Å². The van der Waals surface area contributed by atoms with E-state index >= 15 is 0 Å². The maximum atomic E-state index is 13.8. The van der Waals surface area contributed by atoms with Gasteiger partial charge in [0.15, 0.2) is 14.1 Å². The van der Waals surface area contributed by atoms with Gasteiger partial charge in [0.2, 0.25) is 10.0 Å². The number of hydrogen-bond acceptors (Lipinski definition) is 5. The second-order valence-corrected chi connectivity index (χ2v) is 17.3. The van der Waals surface area contributed by atoms with Crippen molar-refractivity contribution in [3.8, 4) is 0 Å². The third-order valence-corrected chi connectivity index (χ3v) is 13.9. The van der Waals surface area contributed by atoms with Gasteiger partial charge >= 0.3 is 0 Å². The highest BCUT2D eigenvalue weighted by Crippen LogP contribution is 2.44. The van der Waals surface area contributed by atoms with Crippen LogP contribution in [0, 0.1) is 6.92 Å². The number of Topliss-reactive ketones (excluding diaryl/α,β-unsaturated/α-hetero) is 1. The van der Waals surface area contributed by atoms with Crippen molar-refractivity contribution in [2.24, 2.45) is 0 Å². The number of rotatable bonds is 4. The second-order valence-electron chi connectivity index (χ2n) is 10.7. The van der Waals surface area contributed by atoms with Crippen LogP contribution in [0.15, 0.2) is 29.2 Å². The minimum atomic E-state index is -3.99. The van der Waals surface area contributed by atoms with Gasteiger partial charge in [-0.15, -0.1) is 0 Å². The van der Waals surface area contributed by atoms with E-state index < -0.39 is 36.1 Å². The SMILES string of the molecule is Cc1ccc(S(=O)(=O)N2C[C@@H](O[Si](C)(C)C(C)(C)C)C[C@H](O)[C@@]23CCCCC3=O)cc1. The molecule has 1 saturated carbocycles. The summed E-state index contributed by atoms with van der Waals surface area (Å²) in [6, 6.07) is 6.67. The van der Waals surface area contributed by atoms with Crippen molar-refractivity contribution in [1.82, 2.24) is 4.31 Å². The molecule has 1 saturated heterocycles. The Balaban J connectivity index is 2.05. The molecule has 0 radical (unpaired) electrons. The fraction of sp³-hybridized carbons (Fsp3) is 0.696. The number of carbonyl (C=O) groups is 1. The van der Waals surface area contributed by atoms with Gasteiger partial charge in [-0.2, -0.15) is 4.31 Å². The summed E-state index contributed by atoms with van der Waals surface area (Å²) in [7, 11) is -6.18. The fourth-order valence-electron chi connectivity index (χ4n) is 4.51. The second kappa shape index (κ2) is 8.37. The summed E-state index contributed by atoms with van der Waals surface area (Å²) in [5.41, 5.74) is -0.435. The lowest BCUT2D eigenvalue weighted by Crippen LogP contribution is -2.70. The number of hydrogen-bond donors (Lipinski definition) is 1. The lowest BCUT2D eigenvalue weighted by atomic mass is 9.73. The molecular formula is C23H37NO5SSi. The first-order valence-corrected chi connectivity index (χ1v) is 15.6. The lowest BCUT2D eigenvalue weighted by molar-refractivity contribution is -0.146. The molecule has 2 aliphatic rings. The van der Waals surface area contributed by atoms with Gasteiger partial charge in [0, 0.05) is 19.4 Å². The Bertz CT molecular complexity index is 922. The molecule has 0 unspecified atom stereocenters. The van der Waals surface area contributed by atoms with Crippen molar-refractivity contribution in [3.05, 3.63) is 29.8 Å². The first-order valence-electron chi connectivity index (χ1n) is 11.2. The lowest BCUT2D eigenvalue weighted by Gasteiger charge is -2.53. The van der Waals surface area contributed by atoms with E-state index in [1.54, 1.807) is 24.3 Å². The average Bonchev–Trinajstić information content (AvgIpc) is 2.65.